The van der Waals surface area contributed by atoms with E-state index >= 15 is 0 Å². The molecule has 2 rings (SSSR count). The number of rotatable bonds is 2. The van der Waals surface area contributed by atoms with Crippen molar-refractivity contribution >= 4 is 46.0 Å². The molecule has 0 radical (unpaired) electrons. The molecule has 1 aromatic rings. The van der Waals surface area contributed by atoms with Gasteiger partial charge in [-0.05, 0) is 0 Å². The van der Waals surface area contributed by atoms with Gasteiger partial charge in [0.25, 0.3) is 0 Å². The molecule has 3 atom stereocenters. The van der Waals surface area contributed by atoms with Gasteiger partial charge in [-0.1, -0.05) is 0 Å². The first-order valence-corrected chi connectivity index (χ1v) is 12.4. The van der Waals surface area contributed by atoms with Gasteiger partial charge in [0.1, 0.15) is 0 Å². The van der Waals surface area contributed by atoms with Crippen molar-refractivity contribution in [2.24, 2.45) is 0 Å². The summed E-state index contributed by atoms with van der Waals surface area (Å²) in [5.74, 6) is -2.35. The van der Waals surface area contributed by atoms with E-state index in [4.69, 9.17) is 11.2 Å². The average Bonchev–Trinajstić information content (AvgIpc) is 2.28. The van der Waals surface area contributed by atoms with Gasteiger partial charge in [-0.2, -0.15) is 0 Å². The van der Waals surface area contributed by atoms with Crippen LogP contribution in [-0.2, 0) is 0 Å². The van der Waals surface area contributed by atoms with E-state index in [0.29, 0.717) is 4.32 Å². The summed E-state index contributed by atoms with van der Waals surface area (Å²) in [6.45, 7) is 9.28. The van der Waals surface area contributed by atoms with Gasteiger partial charge in [0, 0.05) is 0 Å². The zero-order valence-corrected chi connectivity index (χ0v) is 14.8. The number of hydrogen-bond acceptors (Lipinski definition) is 2. The summed E-state index contributed by atoms with van der Waals surface area (Å²) in [6, 6.07) is 10.7. The van der Waals surface area contributed by atoms with Crippen molar-refractivity contribution in [3.05, 3.63) is 30.3 Å². The Hall–Kier alpha value is 0.640. The third-order valence-corrected chi connectivity index (χ3v) is 15.4. The van der Waals surface area contributed by atoms with E-state index in [1.165, 1.54) is 11.7 Å². The second-order valence-corrected chi connectivity index (χ2v) is 18.2. The molecule has 18 heavy (non-hydrogen) atoms. The minimum atomic E-state index is -2.35. The van der Waals surface area contributed by atoms with Gasteiger partial charge >= 0.3 is 125 Å². The Bertz CT molecular complexity index is 403. The third kappa shape index (κ3) is 3.03. The molecule has 102 valence electrons. The Kier molecular flexibility index (Phi) is 4.35. The molecule has 1 saturated heterocycles. The van der Waals surface area contributed by atoms with E-state index in [9.17, 15) is 0 Å². The first kappa shape index (κ1) is 15.0. The van der Waals surface area contributed by atoms with Crippen LogP contribution in [0.25, 0.3) is 0 Å². The topological polar surface area (TPSA) is 0 Å². The predicted octanol–water partition coefficient (Wildman–Crippen LogP) is 5.21. The Balaban J connectivity index is 2.34. The van der Waals surface area contributed by atoms with E-state index in [-0.39, 0.29) is 0 Å². The molecule has 1 unspecified atom stereocenters. The molecule has 0 N–H and O–H groups in total. The Morgan fingerprint density at radius 1 is 1.06 bits per heavy atom. The SMILES string of the molecule is C[C@@H]1C[C@H](C)SC(P(C)(C)(Cl)c2ccccc2)S1. The van der Waals surface area contributed by atoms with Crippen LogP contribution < -0.4 is 5.30 Å². The van der Waals surface area contributed by atoms with Crippen molar-refractivity contribution < 1.29 is 0 Å². The number of hydrogen-bond donors (Lipinski definition) is 0. The molecular formula is C14H22ClPS2. The monoisotopic (exact) mass is 320 g/mol. The van der Waals surface area contributed by atoms with Gasteiger partial charge < -0.3 is 0 Å². The van der Waals surface area contributed by atoms with Crippen LogP contribution in [0.3, 0.4) is 0 Å². The van der Waals surface area contributed by atoms with Crippen molar-refractivity contribution in [1.29, 1.82) is 0 Å². The van der Waals surface area contributed by atoms with E-state index in [1.54, 1.807) is 0 Å². The van der Waals surface area contributed by atoms with Gasteiger partial charge in [-0.25, -0.2) is 0 Å². The second kappa shape index (κ2) is 5.20. The summed E-state index contributed by atoms with van der Waals surface area (Å²) in [5, 5.41) is 2.78. The van der Waals surface area contributed by atoms with Gasteiger partial charge in [0.15, 0.2) is 0 Å². The van der Waals surface area contributed by atoms with E-state index < -0.39 is 5.96 Å². The molecule has 0 aromatic heterocycles. The second-order valence-electron chi connectivity index (χ2n) is 5.83. The third-order valence-electron chi connectivity index (χ3n) is 3.49. The quantitative estimate of drug-likeness (QED) is 0.686. The van der Waals surface area contributed by atoms with Gasteiger partial charge in [0.2, 0.25) is 0 Å². The molecule has 0 spiro atoms. The molecule has 4 heteroatoms. The van der Waals surface area contributed by atoms with Crippen molar-refractivity contribution in [3.63, 3.8) is 0 Å². The molecule has 0 bridgehead atoms. The molecule has 1 heterocycles. The summed E-state index contributed by atoms with van der Waals surface area (Å²) in [4.78, 5) is 0. The molecule has 1 aliphatic heterocycles. The van der Waals surface area contributed by atoms with E-state index in [0.717, 1.165) is 10.5 Å². The van der Waals surface area contributed by atoms with Crippen molar-refractivity contribution in [2.45, 2.75) is 35.1 Å². The van der Waals surface area contributed by atoms with E-state index in [1.807, 2.05) is 0 Å². The molecule has 1 aromatic carbocycles. The van der Waals surface area contributed by atoms with Crippen LogP contribution in [0.5, 0.6) is 0 Å². The summed E-state index contributed by atoms with van der Waals surface area (Å²) < 4.78 is 0.513. The Morgan fingerprint density at radius 2 is 1.56 bits per heavy atom. The maximum atomic E-state index is 7.22. The molecule has 0 nitrogen and oxygen atoms in total. The van der Waals surface area contributed by atoms with Gasteiger partial charge in [-0.3, -0.25) is 0 Å². The Labute approximate surface area is 124 Å². The fraction of sp³-hybridized carbons (Fsp3) is 0.571. The van der Waals surface area contributed by atoms with Crippen LogP contribution in [0.1, 0.15) is 20.3 Å². The van der Waals surface area contributed by atoms with Crippen LogP contribution in [0, 0.1) is 0 Å². The minimum absolute atomic E-state index is 0.513. The van der Waals surface area contributed by atoms with Crippen LogP contribution in [0.15, 0.2) is 30.3 Å². The number of thioether (sulfide) groups is 2. The molecule has 0 aliphatic carbocycles. The van der Waals surface area contributed by atoms with Crippen molar-refractivity contribution in [2.75, 3.05) is 13.3 Å². The number of halogens is 1. The fourth-order valence-electron chi connectivity index (χ4n) is 2.35. The predicted molar refractivity (Wildman–Crippen MR) is 93.2 cm³/mol. The summed E-state index contributed by atoms with van der Waals surface area (Å²) in [5.41, 5.74) is 0. The standard InChI is InChI=1S/C14H22ClPS2/c1-11-10-12(2)18-14(17-11)16(3,4,15)13-8-6-5-7-9-13/h5-9,11-12,14H,10H2,1-4H3/t11-,12+,14?. The van der Waals surface area contributed by atoms with Crippen LogP contribution in [0.4, 0.5) is 0 Å². The van der Waals surface area contributed by atoms with Gasteiger partial charge in [-0.15, -0.1) is 0 Å². The first-order chi connectivity index (χ1) is 8.28. The molecule has 0 amide bonds. The van der Waals surface area contributed by atoms with E-state index in [2.05, 4.69) is 81.0 Å². The van der Waals surface area contributed by atoms with Gasteiger partial charge in [0.05, 0.1) is 0 Å². The average molecular weight is 321 g/mol. The molecule has 1 fully saturated rings. The summed E-state index contributed by atoms with van der Waals surface area (Å²) in [7, 11) is 0. The van der Waals surface area contributed by atoms with Crippen molar-refractivity contribution in [1.82, 2.24) is 0 Å². The summed E-state index contributed by atoms with van der Waals surface area (Å²) >= 11 is 11.4. The zero-order valence-electron chi connectivity index (χ0n) is 11.5. The zero-order chi connectivity index (χ0) is 13.4. The first-order valence-electron chi connectivity index (χ1n) is 6.37. The molecule has 1 aliphatic rings. The normalized spacial score (nSPS) is 31.6. The van der Waals surface area contributed by atoms with Crippen LogP contribution in [0.2, 0.25) is 0 Å². The number of benzene rings is 1. The molecular weight excluding hydrogens is 299 g/mol. The Morgan fingerprint density at radius 3 is 2.06 bits per heavy atom. The van der Waals surface area contributed by atoms with Crippen molar-refractivity contribution in [3.8, 4) is 0 Å². The molecule has 0 saturated carbocycles. The maximum absolute atomic E-state index is 7.22. The van der Waals surface area contributed by atoms with Crippen LogP contribution >= 0.6 is 40.7 Å². The fourth-order valence-corrected chi connectivity index (χ4v) is 12.7. The summed E-state index contributed by atoms with van der Waals surface area (Å²) in [6.07, 6.45) is 1.30. The van der Waals surface area contributed by atoms with Crippen LogP contribution in [-0.4, -0.2) is 28.2 Å².